The Labute approximate surface area is 233 Å². The van der Waals surface area contributed by atoms with Crippen LogP contribution in [0.25, 0.3) is 32.3 Å². The summed E-state index contributed by atoms with van der Waals surface area (Å²) in [6, 6.07) is 13.4. The van der Waals surface area contributed by atoms with Crippen molar-refractivity contribution in [2.75, 3.05) is 0 Å². The lowest BCUT2D eigenvalue weighted by Gasteiger charge is -2.43. The van der Waals surface area contributed by atoms with Crippen LogP contribution in [0.5, 0.6) is 0 Å². The lowest BCUT2D eigenvalue weighted by Crippen LogP contribution is -2.52. The summed E-state index contributed by atoms with van der Waals surface area (Å²) >= 11 is 0. The second kappa shape index (κ2) is 10.3. The van der Waals surface area contributed by atoms with E-state index in [4.69, 9.17) is 18.9 Å². The molecule has 7 nitrogen and oxygen atoms in total. The number of carbonyl (C=O) groups is 3. The van der Waals surface area contributed by atoms with Gasteiger partial charge in [0.15, 0.2) is 18.3 Å². The van der Waals surface area contributed by atoms with E-state index in [1.54, 1.807) is 36.4 Å². The highest BCUT2D eigenvalue weighted by Gasteiger charge is 2.61. The number of benzene rings is 4. The Morgan fingerprint density at radius 2 is 1.17 bits per heavy atom. The van der Waals surface area contributed by atoms with Crippen molar-refractivity contribution in [1.82, 2.24) is 0 Å². The van der Waals surface area contributed by atoms with Crippen molar-refractivity contribution in [2.24, 2.45) is 0 Å². The van der Waals surface area contributed by atoms with Crippen LogP contribution in [-0.4, -0.2) is 48.6 Å². The fraction of sp³-hybridized carbons (Fsp3) is 0.345. The number of carbonyl (C=O) groups excluding carboxylic acids is 3. The van der Waals surface area contributed by atoms with Gasteiger partial charge < -0.3 is 18.9 Å². The van der Waals surface area contributed by atoms with Gasteiger partial charge in [0.05, 0.1) is 0 Å². The molecule has 0 amide bonds. The Hall–Kier alpha value is -4.13. The Morgan fingerprint density at radius 3 is 1.69 bits per heavy atom. The lowest BCUT2D eigenvalue weighted by molar-refractivity contribution is -0.341. The van der Waals surface area contributed by atoms with Gasteiger partial charge in [-0.25, -0.2) is 0 Å². The van der Waals surface area contributed by atoms with E-state index in [1.165, 1.54) is 12.1 Å². The van der Waals surface area contributed by atoms with Gasteiger partial charge in [0.1, 0.15) is 6.10 Å². The van der Waals surface area contributed by atoms with E-state index >= 15 is 0 Å². The predicted octanol–water partition coefficient (Wildman–Crippen LogP) is 6.62. The number of rotatable bonds is 5. The van der Waals surface area contributed by atoms with Crippen molar-refractivity contribution >= 4 is 50.2 Å². The Kier molecular flexibility index (Phi) is 7.20. The first-order valence-corrected chi connectivity index (χ1v) is 12.6. The first kappa shape index (κ1) is 29.4. The molecule has 0 heterocycles. The largest absolute Gasteiger partial charge is 0.455 e. The maximum Gasteiger partial charge on any atom is 0.423 e. The van der Waals surface area contributed by atoms with Gasteiger partial charge in [-0.3, -0.25) is 14.4 Å². The average Bonchev–Trinajstić information content (AvgIpc) is 2.86. The zero-order chi connectivity index (χ0) is 30.7. The highest BCUT2D eigenvalue weighted by atomic mass is 19.4. The minimum atomic E-state index is -5.92. The van der Waals surface area contributed by atoms with Gasteiger partial charge in [-0.2, -0.15) is 26.3 Å². The summed E-state index contributed by atoms with van der Waals surface area (Å²) in [4.78, 5) is 36.5. The van der Waals surface area contributed by atoms with Crippen LogP contribution < -0.4 is 0 Å². The molecule has 0 fully saturated rings. The Balaban J connectivity index is 1.90. The van der Waals surface area contributed by atoms with E-state index in [0.29, 0.717) is 16.2 Å². The maximum atomic E-state index is 13.8. The minimum Gasteiger partial charge on any atom is -0.455 e. The summed E-state index contributed by atoms with van der Waals surface area (Å²) < 4.78 is 104. The number of hydrogen-bond acceptors (Lipinski definition) is 7. The van der Waals surface area contributed by atoms with E-state index in [2.05, 4.69) is 0 Å². The quantitative estimate of drug-likeness (QED) is 0.111. The summed E-state index contributed by atoms with van der Waals surface area (Å²) in [6.45, 7) is 2.81. The molecule has 0 radical (unpaired) electrons. The fourth-order valence-corrected chi connectivity index (χ4v) is 5.68. The lowest BCUT2D eigenvalue weighted by atomic mass is 9.78. The third-order valence-electron chi connectivity index (χ3n) is 7.01. The van der Waals surface area contributed by atoms with Crippen LogP contribution in [0, 0.1) is 0 Å². The van der Waals surface area contributed by atoms with Crippen LogP contribution in [0.3, 0.4) is 0 Å². The van der Waals surface area contributed by atoms with E-state index in [0.717, 1.165) is 31.5 Å². The van der Waals surface area contributed by atoms with Gasteiger partial charge in [0.25, 0.3) is 0 Å². The summed E-state index contributed by atoms with van der Waals surface area (Å²) in [7, 11) is 0. The first-order valence-electron chi connectivity index (χ1n) is 12.6. The van der Waals surface area contributed by atoms with E-state index in [-0.39, 0.29) is 16.5 Å². The second-order valence-corrected chi connectivity index (χ2v) is 9.93. The molecule has 0 aliphatic heterocycles. The summed E-state index contributed by atoms with van der Waals surface area (Å²) in [5.41, 5.74) is -0.306. The molecule has 4 aromatic rings. The van der Waals surface area contributed by atoms with Crippen LogP contribution >= 0.6 is 0 Å². The molecule has 0 saturated carbocycles. The van der Waals surface area contributed by atoms with Gasteiger partial charge in [0, 0.05) is 26.3 Å². The summed E-state index contributed by atoms with van der Waals surface area (Å²) in [5.74, 6) is -3.06. The van der Waals surface area contributed by atoms with Crippen molar-refractivity contribution in [3.05, 3.63) is 59.7 Å². The van der Waals surface area contributed by atoms with Crippen molar-refractivity contribution in [2.45, 2.75) is 63.6 Å². The van der Waals surface area contributed by atoms with Gasteiger partial charge in [-0.1, -0.05) is 42.5 Å². The van der Waals surface area contributed by atoms with Crippen molar-refractivity contribution in [3.8, 4) is 0 Å². The molecule has 1 aliphatic rings. The van der Waals surface area contributed by atoms with Crippen LogP contribution in [0.2, 0.25) is 0 Å². The standard InChI is InChI=1S/C29H22F6O7/c1-12(36)39-23-19-11-17-8-7-15-5-4-6-16-9-10-18(21(17)20(15)16)22(19)24(42-27(28(30,31)32)29(33,34)35)26(41-14(3)38)25(23)40-13(2)37/h4-11,23-27H,1-3H3/t23-,24+,25+,26+/m1/s1. The molecule has 0 bridgehead atoms. The molecular formula is C29H22F6O7. The third-order valence-corrected chi connectivity index (χ3v) is 7.01. The number of halogens is 6. The highest BCUT2D eigenvalue weighted by molar-refractivity contribution is 6.24. The maximum absolute atomic E-state index is 13.8. The molecule has 0 saturated heterocycles. The van der Waals surface area contributed by atoms with Crippen LogP contribution in [0.15, 0.2) is 48.5 Å². The summed E-state index contributed by atoms with van der Waals surface area (Å²) in [5, 5.41) is 3.34. The van der Waals surface area contributed by atoms with E-state index in [1.807, 2.05) is 0 Å². The van der Waals surface area contributed by atoms with E-state index in [9.17, 15) is 40.7 Å². The van der Waals surface area contributed by atoms with Gasteiger partial charge >= 0.3 is 30.3 Å². The number of alkyl halides is 6. The number of ether oxygens (including phenoxy) is 4. The zero-order valence-corrected chi connectivity index (χ0v) is 22.1. The molecule has 0 spiro atoms. The second-order valence-electron chi connectivity index (χ2n) is 9.93. The highest BCUT2D eigenvalue weighted by Crippen LogP contribution is 2.51. The third kappa shape index (κ3) is 5.17. The molecule has 4 atom stereocenters. The van der Waals surface area contributed by atoms with E-state index < -0.39 is 60.8 Å². The molecule has 4 aromatic carbocycles. The molecule has 1 aliphatic carbocycles. The van der Waals surface area contributed by atoms with Crippen molar-refractivity contribution < 1.29 is 59.7 Å². The minimum absolute atomic E-state index is 0.0705. The first-order chi connectivity index (χ1) is 19.6. The fourth-order valence-electron chi connectivity index (χ4n) is 5.68. The smallest absolute Gasteiger partial charge is 0.423 e. The predicted molar refractivity (Wildman–Crippen MR) is 135 cm³/mol. The van der Waals surface area contributed by atoms with Crippen molar-refractivity contribution in [1.29, 1.82) is 0 Å². The van der Waals surface area contributed by atoms with Crippen LogP contribution in [0.1, 0.15) is 44.1 Å². The monoisotopic (exact) mass is 596 g/mol. The van der Waals surface area contributed by atoms with Crippen LogP contribution in [-0.2, 0) is 33.3 Å². The number of esters is 3. The number of hydrogen-bond donors (Lipinski definition) is 0. The van der Waals surface area contributed by atoms with Gasteiger partial charge in [0.2, 0.25) is 6.10 Å². The topological polar surface area (TPSA) is 88.1 Å². The zero-order valence-electron chi connectivity index (χ0n) is 22.1. The molecule has 0 unspecified atom stereocenters. The molecular weight excluding hydrogens is 574 g/mol. The SMILES string of the molecule is CC(=O)O[C@@H]1[C@@H](OC(C)=O)[C@@H](OC(C(F)(F)F)C(F)(F)F)c2c(cc3ccc4cccc5ccc2c3c45)[C@H]1OC(C)=O. The molecule has 0 N–H and O–H groups in total. The molecule has 0 aromatic heterocycles. The van der Waals surface area contributed by atoms with Crippen LogP contribution in [0.4, 0.5) is 26.3 Å². The Morgan fingerprint density at radius 1 is 0.667 bits per heavy atom. The molecule has 13 heteroatoms. The van der Waals surface area contributed by atoms with Crippen molar-refractivity contribution in [3.63, 3.8) is 0 Å². The molecule has 5 rings (SSSR count). The Bertz CT molecular complexity index is 1670. The summed E-state index contributed by atoms with van der Waals surface area (Å²) in [6.07, 6.45) is -23.9. The normalized spacial score (nSPS) is 21.1. The van der Waals surface area contributed by atoms with Gasteiger partial charge in [-0.05, 0) is 43.9 Å². The molecule has 42 heavy (non-hydrogen) atoms. The average molecular weight is 596 g/mol. The van der Waals surface area contributed by atoms with Gasteiger partial charge in [-0.15, -0.1) is 0 Å². The number of fused-ring (bicyclic) bond motifs is 2. The molecule has 222 valence electrons.